The molecule has 1 fully saturated rings. The van der Waals surface area contributed by atoms with Gasteiger partial charge in [0, 0.05) is 25.2 Å². The zero-order chi connectivity index (χ0) is 22.7. The lowest BCUT2D eigenvalue weighted by Gasteiger charge is -2.35. The second-order valence-corrected chi connectivity index (χ2v) is 8.20. The van der Waals surface area contributed by atoms with E-state index in [4.69, 9.17) is 14.0 Å². The van der Waals surface area contributed by atoms with Crippen molar-refractivity contribution in [1.82, 2.24) is 15.0 Å². The summed E-state index contributed by atoms with van der Waals surface area (Å²) in [6.07, 6.45) is 0.423. The Morgan fingerprint density at radius 1 is 1.16 bits per heavy atom. The molecular formula is C24H26FN3O4. The van der Waals surface area contributed by atoms with Crippen molar-refractivity contribution in [1.29, 1.82) is 0 Å². The van der Waals surface area contributed by atoms with E-state index < -0.39 is 5.97 Å². The molecule has 1 aliphatic heterocycles. The van der Waals surface area contributed by atoms with Crippen LogP contribution in [0.4, 0.5) is 4.39 Å². The molecule has 0 spiro atoms. The Kier molecular flexibility index (Phi) is 6.62. The van der Waals surface area contributed by atoms with Crippen LogP contribution in [0, 0.1) is 12.7 Å². The van der Waals surface area contributed by atoms with Gasteiger partial charge in [-0.15, -0.1) is 0 Å². The van der Waals surface area contributed by atoms with Gasteiger partial charge in [-0.2, -0.15) is 4.98 Å². The summed E-state index contributed by atoms with van der Waals surface area (Å²) in [5, 5.41) is 3.83. The normalized spacial score (nSPS) is 19.1. The predicted molar refractivity (Wildman–Crippen MR) is 115 cm³/mol. The topological polar surface area (TPSA) is 77.7 Å². The second kappa shape index (κ2) is 9.58. The van der Waals surface area contributed by atoms with E-state index in [0.717, 1.165) is 25.2 Å². The van der Waals surface area contributed by atoms with Gasteiger partial charge in [0.25, 0.3) is 5.89 Å². The number of rotatable bonds is 6. The van der Waals surface area contributed by atoms with Crippen molar-refractivity contribution < 1.29 is 23.2 Å². The number of benzene rings is 2. The largest absolute Gasteiger partial charge is 0.452 e. The minimum atomic E-state index is -0.480. The number of nitrogens with zero attached hydrogens (tertiary/aromatic N) is 3. The van der Waals surface area contributed by atoms with E-state index in [2.05, 4.69) is 28.9 Å². The first kappa shape index (κ1) is 22.1. The predicted octanol–water partition coefficient (Wildman–Crippen LogP) is 4.15. The maximum Gasteiger partial charge on any atom is 0.338 e. The van der Waals surface area contributed by atoms with E-state index in [1.165, 1.54) is 6.07 Å². The number of hydrogen-bond donors (Lipinski definition) is 0. The van der Waals surface area contributed by atoms with Gasteiger partial charge in [0.15, 0.2) is 6.61 Å². The molecule has 7 nitrogen and oxygen atoms in total. The standard InChI is InChI=1S/C24H26FN3O4/c1-15-4-7-20(10-21(15)25)23-26-22(32-27-23)14-30-24(29)19-8-5-18(6-9-19)13-28-11-16(2)31-17(3)12-28/h4-10,16-17H,11-14H2,1-3H3. The first-order chi connectivity index (χ1) is 15.4. The van der Waals surface area contributed by atoms with Crippen molar-refractivity contribution in [3.8, 4) is 11.4 Å². The Hall–Kier alpha value is -3.10. The summed E-state index contributed by atoms with van der Waals surface area (Å²) in [7, 11) is 0. The molecule has 4 rings (SSSR count). The molecule has 0 N–H and O–H groups in total. The molecule has 1 aliphatic rings. The number of esters is 1. The number of ether oxygens (including phenoxy) is 2. The molecule has 0 radical (unpaired) electrons. The van der Waals surface area contributed by atoms with Crippen molar-refractivity contribution in [2.24, 2.45) is 0 Å². The molecule has 2 unspecified atom stereocenters. The number of halogens is 1. The summed E-state index contributed by atoms with van der Waals surface area (Å²) in [6, 6.07) is 12.0. The van der Waals surface area contributed by atoms with Gasteiger partial charge in [-0.3, -0.25) is 4.90 Å². The Balaban J connectivity index is 1.31. The third-order valence-corrected chi connectivity index (χ3v) is 5.32. The van der Waals surface area contributed by atoms with Gasteiger partial charge in [0.2, 0.25) is 5.82 Å². The minimum Gasteiger partial charge on any atom is -0.452 e. The molecule has 2 atom stereocenters. The van der Waals surface area contributed by atoms with Crippen LogP contribution in [0.15, 0.2) is 47.0 Å². The molecule has 2 heterocycles. The summed E-state index contributed by atoms with van der Waals surface area (Å²) >= 11 is 0. The molecule has 8 heteroatoms. The van der Waals surface area contributed by atoms with Crippen molar-refractivity contribution >= 4 is 5.97 Å². The maximum atomic E-state index is 13.7. The molecule has 0 saturated carbocycles. The zero-order valence-electron chi connectivity index (χ0n) is 18.4. The minimum absolute atomic E-state index is 0.140. The lowest BCUT2D eigenvalue weighted by molar-refractivity contribution is -0.0704. The Morgan fingerprint density at radius 2 is 1.88 bits per heavy atom. The first-order valence-electron chi connectivity index (χ1n) is 10.6. The molecule has 168 valence electrons. The highest BCUT2D eigenvalue weighted by Gasteiger charge is 2.22. The number of aromatic nitrogens is 2. The van der Waals surface area contributed by atoms with Crippen molar-refractivity contribution in [2.45, 2.75) is 46.1 Å². The zero-order valence-corrected chi connectivity index (χ0v) is 18.4. The smallest absolute Gasteiger partial charge is 0.338 e. The van der Waals surface area contributed by atoms with Gasteiger partial charge in [-0.05, 0) is 50.1 Å². The second-order valence-electron chi connectivity index (χ2n) is 8.20. The first-order valence-corrected chi connectivity index (χ1v) is 10.6. The van der Waals surface area contributed by atoms with E-state index in [1.807, 2.05) is 12.1 Å². The number of morpholine rings is 1. The van der Waals surface area contributed by atoms with Crippen LogP contribution in [-0.4, -0.2) is 46.3 Å². The molecule has 1 aromatic heterocycles. The van der Waals surface area contributed by atoms with E-state index in [-0.39, 0.29) is 36.3 Å². The molecule has 32 heavy (non-hydrogen) atoms. The third-order valence-electron chi connectivity index (χ3n) is 5.32. The number of aryl methyl sites for hydroxylation is 1. The highest BCUT2D eigenvalue weighted by molar-refractivity contribution is 5.89. The monoisotopic (exact) mass is 439 g/mol. The summed E-state index contributed by atoms with van der Waals surface area (Å²) in [6.45, 7) is 8.24. The summed E-state index contributed by atoms with van der Waals surface area (Å²) in [5.41, 5.74) is 2.59. The fraction of sp³-hybridized carbons (Fsp3) is 0.375. The van der Waals surface area contributed by atoms with Crippen LogP contribution in [-0.2, 0) is 22.6 Å². The average Bonchev–Trinajstić information content (AvgIpc) is 3.23. The van der Waals surface area contributed by atoms with Gasteiger partial charge in [0.05, 0.1) is 17.8 Å². The van der Waals surface area contributed by atoms with Crippen LogP contribution >= 0.6 is 0 Å². The van der Waals surface area contributed by atoms with Gasteiger partial charge >= 0.3 is 5.97 Å². The lowest BCUT2D eigenvalue weighted by Crippen LogP contribution is -2.44. The van der Waals surface area contributed by atoms with E-state index in [9.17, 15) is 9.18 Å². The van der Waals surface area contributed by atoms with Crippen LogP contribution in [0.2, 0.25) is 0 Å². The van der Waals surface area contributed by atoms with Gasteiger partial charge in [-0.1, -0.05) is 29.4 Å². The van der Waals surface area contributed by atoms with Gasteiger partial charge < -0.3 is 14.0 Å². The molecule has 0 aliphatic carbocycles. The number of carbonyl (C=O) groups is 1. The van der Waals surface area contributed by atoms with Gasteiger partial charge in [0.1, 0.15) is 5.82 Å². The quantitative estimate of drug-likeness (QED) is 0.534. The molecular weight excluding hydrogens is 413 g/mol. The van der Waals surface area contributed by atoms with Crippen LogP contribution in [0.3, 0.4) is 0 Å². The highest BCUT2D eigenvalue weighted by Crippen LogP contribution is 2.20. The van der Waals surface area contributed by atoms with E-state index >= 15 is 0 Å². The van der Waals surface area contributed by atoms with E-state index in [1.54, 1.807) is 31.2 Å². The van der Waals surface area contributed by atoms with Crippen LogP contribution in [0.1, 0.15) is 41.2 Å². The highest BCUT2D eigenvalue weighted by atomic mass is 19.1. The molecule has 1 saturated heterocycles. The van der Waals surface area contributed by atoms with Crippen LogP contribution in [0.5, 0.6) is 0 Å². The lowest BCUT2D eigenvalue weighted by atomic mass is 10.1. The van der Waals surface area contributed by atoms with Crippen molar-refractivity contribution in [2.75, 3.05) is 13.1 Å². The summed E-state index contributed by atoms with van der Waals surface area (Å²) in [5.74, 6) is -0.444. The molecule has 2 aromatic carbocycles. The molecule has 3 aromatic rings. The van der Waals surface area contributed by atoms with E-state index in [0.29, 0.717) is 16.7 Å². The number of hydrogen-bond acceptors (Lipinski definition) is 7. The molecule has 0 bridgehead atoms. The average molecular weight is 439 g/mol. The summed E-state index contributed by atoms with van der Waals surface area (Å²) < 4.78 is 29.9. The summed E-state index contributed by atoms with van der Waals surface area (Å²) in [4.78, 5) is 18.9. The van der Waals surface area contributed by atoms with Crippen LogP contribution in [0.25, 0.3) is 11.4 Å². The van der Waals surface area contributed by atoms with Crippen LogP contribution < -0.4 is 0 Å². The Morgan fingerprint density at radius 3 is 2.56 bits per heavy atom. The third kappa shape index (κ3) is 5.38. The van der Waals surface area contributed by atoms with Gasteiger partial charge in [-0.25, -0.2) is 9.18 Å². The fourth-order valence-electron chi connectivity index (χ4n) is 3.79. The maximum absolute atomic E-state index is 13.7. The Labute approximate surface area is 186 Å². The van der Waals surface area contributed by atoms with Crippen molar-refractivity contribution in [3.05, 3.63) is 70.9 Å². The Bertz CT molecular complexity index is 1070. The number of carbonyl (C=O) groups excluding carboxylic acids is 1. The molecule has 0 amide bonds. The fourth-order valence-corrected chi connectivity index (χ4v) is 3.79. The SMILES string of the molecule is Cc1ccc(-c2noc(COC(=O)c3ccc(CN4CC(C)OC(C)C4)cc3)n2)cc1F. The van der Waals surface area contributed by atoms with Crippen molar-refractivity contribution in [3.63, 3.8) is 0 Å².